The number of rotatable bonds is 7. The van der Waals surface area contributed by atoms with Crippen molar-refractivity contribution in [3.63, 3.8) is 0 Å². The van der Waals surface area contributed by atoms with Crippen LogP contribution in [0.5, 0.6) is 5.75 Å². The summed E-state index contributed by atoms with van der Waals surface area (Å²) >= 11 is 0. The summed E-state index contributed by atoms with van der Waals surface area (Å²) in [5.41, 5.74) is 4.26. The maximum absolute atomic E-state index is 12.8. The Hall–Kier alpha value is -5.06. The monoisotopic (exact) mass is 509 g/mol. The number of H-pyrrole nitrogens is 1. The Morgan fingerprint density at radius 1 is 1.24 bits per heavy atom. The van der Waals surface area contributed by atoms with Crippen LogP contribution in [0.4, 0.5) is 0 Å². The number of carbonyl (C=O) groups excluding carboxylic acids is 1. The number of aryl methyl sites for hydroxylation is 1. The summed E-state index contributed by atoms with van der Waals surface area (Å²) in [4.78, 5) is 23.3. The van der Waals surface area contributed by atoms with Crippen molar-refractivity contribution in [1.82, 2.24) is 35.5 Å². The van der Waals surface area contributed by atoms with Crippen LogP contribution in [0.15, 0.2) is 70.0 Å². The number of pyridine rings is 1. The van der Waals surface area contributed by atoms with Crippen LogP contribution in [0.1, 0.15) is 28.3 Å². The topological polar surface area (TPSA) is 136 Å². The summed E-state index contributed by atoms with van der Waals surface area (Å²) in [6.07, 6.45) is 8.86. The highest BCUT2D eigenvalue weighted by molar-refractivity contribution is 5.91. The number of oxazole rings is 1. The van der Waals surface area contributed by atoms with E-state index in [1.54, 1.807) is 41.8 Å². The molecule has 0 unspecified atom stereocenters. The number of furan rings is 1. The molecule has 38 heavy (non-hydrogen) atoms. The van der Waals surface area contributed by atoms with Gasteiger partial charge in [-0.05, 0) is 72.2 Å². The maximum Gasteiger partial charge on any atom is 0.246 e. The molecule has 0 bridgehead atoms. The van der Waals surface area contributed by atoms with Crippen LogP contribution in [-0.4, -0.2) is 47.9 Å². The van der Waals surface area contributed by atoms with Crippen LogP contribution in [-0.2, 0) is 24.4 Å². The average Bonchev–Trinajstić information content (AvgIpc) is 3.73. The summed E-state index contributed by atoms with van der Waals surface area (Å²) in [7, 11) is 0. The predicted molar refractivity (Wildman–Crippen MR) is 135 cm³/mol. The molecule has 1 aliphatic heterocycles. The Labute approximate surface area is 217 Å². The molecule has 6 rings (SSSR count). The molecule has 0 saturated heterocycles. The van der Waals surface area contributed by atoms with Gasteiger partial charge in [0.15, 0.2) is 0 Å². The number of amides is 1. The fourth-order valence-corrected chi connectivity index (χ4v) is 4.31. The average molecular weight is 510 g/mol. The number of ether oxygens (including phenoxy) is 1. The molecule has 0 aliphatic carbocycles. The number of hydrogen-bond donors (Lipinski definition) is 1. The number of aromatic amines is 1. The van der Waals surface area contributed by atoms with E-state index < -0.39 is 0 Å². The Morgan fingerprint density at radius 2 is 2.18 bits per heavy atom. The van der Waals surface area contributed by atoms with E-state index in [0.717, 1.165) is 16.7 Å². The zero-order valence-electron chi connectivity index (χ0n) is 20.5. The minimum absolute atomic E-state index is 0.0853. The van der Waals surface area contributed by atoms with Gasteiger partial charge in [-0.15, -0.1) is 10.2 Å². The minimum atomic E-state index is -0.0853. The Kier molecular flexibility index (Phi) is 6.22. The molecular formula is C27H23N7O4. The second-order valence-electron chi connectivity index (χ2n) is 8.76. The summed E-state index contributed by atoms with van der Waals surface area (Å²) < 4.78 is 17.4. The molecule has 1 N–H and O–H groups in total. The van der Waals surface area contributed by atoms with Gasteiger partial charge in [-0.3, -0.25) is 9.78 Å². The van der Waals surface area contributed by atoms with Gasteiger partial charge in [0.2, 0.25) is 17.6 Å². The molecule has 11 nitrogen and oxygen atoms in total. The molecule has 11 heteroatoms. The highest BCUT2D eigenvalue weighted by Gasteiger charge is 2.24. The lowest BCUT2D eigenvalue weighted by Crippen LogP contribution is -2.34. The van der Waals surface area contributed by atoms with Gasteiger partial charge in [0.1, 0.15) is 29.6 Å². The Balaban J connectivity index is 1.25. The lowest BCUT2D eigenvalue weighted by molar-refractivity contribution is -0.126. The number of aromatic nitrogens is 6. The van der Waals surface area contributed by atoms with Gasteiger partial charge in [-0.1, -0.05) is 0 Å². The number of benzene rings is 1. The first-order valence-electron chi connectivity index (χ1n) is 12.0. The number of fused-ring (bicyclic) bond motifs is 1. The van der Waals surface area contributed by atoms with Gasteiger partial charge in [0, 0.05) is 31.6 Å². The fourth-order valence-electron chi connectivity index (χ4n) is 4.31. The third kappa shape index (κ3) is 4.81. The largest absolute Gasteiger partial charge is 0.486 e. The SMILES string of the molecule is Cc1oc(-c2cccnc2)nc1COc1cc2c(cc1-c1nn[nH]n1)CCN(C(=O)/C=C/c1ccco1)C2. The van der Waals surface area contributed by atoms with Crippen molar-refractivity contribution in [2.75, 3.05) is 6.54 Å². The molecule has 5 heterocycles. The van der Waals surface area contributed by atoms with E-state index in [9.17, 15) is 4.79 Å². The summed E-state index contributed by atoms with van der Waals surface area (Å²) in [5.74, 6) is 2.67. The van der Waals surface area contributed by atoms with Crippen molar-refractivity contribution in [3.05, 3.63) is 89.5 Å². The molecule has 1 aliphatic rings. The molecule has 190 valence electrons. The van der Waals surface area contributed by atoms with Crippen LogP contribution >= 0.6 is 0 Å². The lowest BCUT2D eigenvalue weighted by atomic mass is 9.96. The van der Waals surface area contributed by atoms with Crippen LogP contribution < -0.4 is 4.74 Å². The standard InChI is InChI=1S/C27H23N7O4/c1-17-23(29-27(38-17)19-4-2-9-28-14-19)16-37-24-13-20-15-34(25(35)7-6-21-5-3-11-36-21)10-8-18(20)12-22(24)26-30-32-33-31-26/h2-7,9,11-14H,8,10,15-16H2,1H3,(H,30,31,32,33)/b7-6+. The molecule has 0 fully saturated rings. The van der Waals surface area contributed by atoms with Gasteiger partial charge in [-0.25, -0.2) is 4.98 Å². The summed E-state index contributed by atoms with van der Waals surface area (Å²) in [5, 5.41) is 14.5. The van der Waals surface area contributed by atoms with E-state index >= 15 is 0 Å². The third-order valence-corrected chi connectivity index (χ3v) is 6.31. The van der Waals surface area contributed by atoms with Gasteiger partial charge >= 0.3 is 0 Å². The Morgan fingerprint density at radius 3 is 2.97 bits per heavy atom. The quantitative estimate of drug-likeness (QED) is 0.323. The van der Waals surface area contributed by atoms with E-state index in [2.05, 4.69) is 30.6 Å². The van der Waals surface area contributed by atoms with Crippen LogP contribution in [0, 0.1) is 6.92 Å². The van der Waals surface area contributed by atoms with Crippen LogP contribution in [0.2, 0.25) is 0 Å². The van der Waals surface area contributed by atoms with Crippen molar-refractivity contribution >= 4 is 12.0 Å². The van der Waals surface area contributed by atoms with E-state index in [1.165, 1.54) is 6.08 Å². The molecule has 0 atom stereocenters. The zero-order chi connectivity index (χ0) is 25.9. The minimum Gasteiger partial charge on any atom is -0.486 e. The van der Waals surface area contributed by atoms with E-state index in [-0.39, 0.29) is 12.5 Å². The molecule has 0 saturated carbocycles. The number of nitrogens with one attached hydrogen (secondary N) is 1. The van der Waals surface area contributed by atoms with Crippen molar-refractivity contribution < 1.29 is 18.4 Å². The first-order chi connectivity index (χ1) is 18.6. The highest BCUT2D eigenvalue weighted by Crippen LogP contribution is 2.34. The lowest BCUT2D eigenvalue weighted by Gasteiger charge is -2.29. The van der Waals surface area contributed by atoms with E-state index in [0.29, 0.717) is 59.8 Å². The fraction of sp³-hybridized carbons (Fsp3) is 0.185. The number of tetrazole rings is 1. The molecule has 4 aromatic heterocycles. The van der Waals surface area contributed by atoms with Gasteiger partial charge in [0.25, 0.3) is 0 Å². The molecule has 5 aromatic rings. The summed E-state index contributed by atoms with van der Waals surface area (Å²) in [6.45, 7) is 3.06. The summed E-state index contributed by atoms with van der Waals surface area (Å²) in [6, 6.07) is 11.2. The molecule has 1 aromatic carbocycles. The van der Waals surface area contributed by atoms with E-state index in [4.69, 9.17) is 13.6 Å². The second kappa shape index (κ2) is 10.1. The first-order valence-corrected chi connectivity index (χ1v) is 12.0. The van der Waals surface area contributed by atoms with Gasteiger partial charge in [0.05, 0.1) is 17.4 Å². The van der Waals surface area contributed by atoms with Crippen LogP contribution in [0.3, 0.4) is 0 Å². The second-order valence-corrected chi connectivity index (χ2v) is 8.76. The highest BCUT2D eigenvalue weighted by atomic mass is 16.5. The van der Waals surface area contributed by atoms with Crippen molar-refractivity contribution in [3.8, 4) is 28.6 Å². The van der Waals surface area contributed by atoms with E-state index in [1.807, 2.05) is 31.2 Å². The number of carbonyl (C=O) groups is 1. The zero-order valence-corrected chi connectivity index (χ0v) is 20.5. The normalized spacial score (nSPS) is 13.1. The Bertz CT molecular complexity index is 1580. The van der Waals surface area contributed by atoms with Gasteiger partial charge in [-0.2, -0.15) is 5.21 Å². The number of hydrogen-bond acceptors (Lipinski definition) is 9. The van der Waals surface area contributed by atoms with Crippen molar-refractivity contribution in [2.24, 2.45) is 0 Å². The smallest absolute Gasteiger partial charge is 0.246 e. The predicted octanol–water partition coefficient (Wildman–Crippen LogP) is 4.00. The van der Waals surface area contributed by atoms with Gasteiger partial charge < -0.3 is 18.5 Å². The molecule has 1 amide bonds. The molecule has 0 spiro atoms. The maximum atomic E-state index is 12.8. The van der Waals surface area contributed by atoms with Crippen molar-refractivity contribution in [1.29, 1.82) is 0 Å². The molecular weight excluding hydrogens is 486 g/mol. The van der Waals surface area contributed by atoms with Crippen molar-refractivity contribution in [2.45, 2.75) is 26.5 Å². The molecule has 0 radical (unpaired) electrons. The first kappa shape index (κ1) is 23.3. The number of nitrogens with zero attached hydrogens (tertiary/aromatic N) is 6. The third-order valence-electron chi connectivity index (χ3n) is 6.31. The van der Waals surface area contributed by atoms with Crippen LogP contribution in [0.25, 0.3) is 28.9 Å².